The van der Waals surface area contributed by atoms with E-state index in [2.05, 4.69) is 4.99 Å². The van der Waals surface area contributed by atoms with E-state index in [-0.39, 0.29) is 34.5 Å². The highest BCUT2D eigenvalue weighted by Gasteiger charge is 2.31. The third-order valence-corrected chi connectivity index (χ3v) is 9.50. The average molecular weight is 562 g/mol. The first-order valence-corrected chi connectivity index (χ1v) is 14.6. The lowest BCUT2D eigenvalue weighted by Gasteiger charge is -2.32. The zero-order valence-electron chi connectivity index (χ0n) is 21.8. The SMILES string of the molecule is CCOC(=O)Cn1c(=NC(=O)c2ccc(S(=O)(=O)N3CCCCC3C)cc2)sc2cc(OC)c(OC)cc21. The minimum Gasteiger partial charge on any atom is -0.493 e. The van der Waals surface area contributed by atoms with Crippen molar-refractivity contribution in [3.63, 3.8) is 0 Å². The smallest absolute Gasteiger partial charge is 0.326 e. The van der Waals surface area contributed by atoms with Gasteiger partial charge in [-0.1, -0.05) is 17.8 Å². The van der Waals surface area contributed by atoms with Gasteiger partial charge in [-0.2, -0.15) is 9.30 Å². The summed E-state index contributed by atoms with van der Waals surface area (Å²) in [7, 11) is -0.622. The van der Waals surface area contributed by atoms with Gasteiger partial charge in [-0.15, -0.1) is 0 Å². The van der Waals surface area contributed by atoms with Crippen LogP contribution in [0.25, 0.3) is 10.2 Å². The van der Waals surface area contributed by atoms with E-state index in [0.29, 0.717) is 23.6 Å². The van der Waals surface area contributed by atoms with E-state index >= 15 is 0 Å². The summed E-state index contributed by atoms with van der Waals surface area (Å²) in [5.74, 6) is -0.0730. The van der Waals surface area contributed by atoms with Crippen LogP contribution in [0, 0.1) is 0 Å². The number of rotatable bonds is 8. The number of hydrogen-bond donors (Lipinski definition) is 0. The Morgan fingerprint density at radius 1 is 1.08 bits per heavy atom. The van der Waals surface area contributed by atoms with E-state index in [1.807, 2.05) is 6.92 Å². The average Bonchev–Trinajstić information content (AvgIpc) is 3.23. The van der Waals surface area contributed by atoms with Crippen molar-refractivity contribution in [1.29, 1.82) is 0 Å². The number of nitrogens with zero attached hydrogens (tertiary/aromatic N) is 3. The fourth-order valence-electron chi connectivity index (χ4n) is 4.46. The number of aromatic nitrogens is 1. The Morgan fingerprint density at radius 3 is 2.39 bits per heavy atom. The van der Waals surface area contributed by atoms with Crippen molar-refractivity contribution >= 4 is 43.5 Å². The molecule has 1 atom stereocenters. The quantitative estimate of drug-likeness (QED) is 0.386. The topological polar surface area (TPSA) is 117 Å². The third kappa shape index (κ3) is 5.62. The lowest BCUT2D eigenvalue weighted by Crippen LogP contribution is -2.41. The van der Waals surface area contributed by atoms with Crippen LogP contribution >= 0.6 is 11.3 Å². The number of methoxy groups -OCH3 is 2. The van der Waals surface area contributed by atoms with Crippen LogP contribution in [0.3, 0.4) is 0 Å². The molecule has 0 radical (unpaired) electrons. The number of hydrogen-bond acceptors (Lipinski definition) is 8. The molecule has 4 rings (SSSR count). The summed E-state index contributed by atoms with van der Waals surface area (Å²) < 4.78 is 46.0. The second-order valence-corrected chi connectivity index (χ2v) is 11.8. The second-order valence-electron chi connectivity index (χ2n) is 8.85. The van der Waals surface area contributed by atoms with Gasteiger partial charge in [0.15, 0.2) is 16.3 Å². The summed E-state index contributed by atoms with van der Waals surface area (Å²) in [4.78, 5) is 30.2. The molecule has 1 saturated heterocycles. The zero-order chi connectivity index (χ0) is 27.4. The standard InChI is InChI=1S/C26H31N3O7S2/c1-5-36-24(30)16-28-20-14-21(34-3)22(35-4)15-23(20)37-26(28)27-25(31)18-9-11-19(12-10-18)38(32,33)29-13-7-6-8-17(29)2/h9-12,14-15,17H,5-8,13,16H2,1-4H3. The van der Waals surface area contributed by atoms with Gasteiger partial charge in [-0.25, -0.2) is 8.42 Å². The largest absolute Gasteiger partial charge is 0.493 e. The van der Waals surface area contributed by atoms with Crippen molar-refractivity contribution in [2.75, 3.05) is 27.4 Å². The molecule has 1 unspecified atom stereocenters. The fraction of sp³-hybridized carbons (Fsp3) is 0.423. The number of esters is 1. The van der Waals surface area contributed by atoms with E-state index in [1.165, 1.54) is 54.1 Å². The molecule has 0 bridgehead atoms. The van der Waals surface area contributed by atoms with E-state index in [4.69, 9.17) is 14.2 Å². The van der Waals surface area contributed by atoms with Crippen molar-refractivity contribution in [1.82, 2.24) is 8.87 Å². The minimum absolute atomic E-state index is 0.0647. The molecular weight excluding hydrogens is 530 g/mol. The first-order valence-electron chi connectivity index (χ1n) is 12.3. The molecule has 2 aromatic carbocycles. The van der Waals surface area contributed by atoms with Crippen molar-refractivity contribution < 1.29 is 32.2 Å². The number of carbonyl (C=O) groups is 2. The molecule has 38 heavy (non-hydrogen) atoms. The molecule has 0 aliphatic carbocycles. The third-order valence-electron chi connectivity index (χ3n) is 6.43. The first-order chi connectivity index (χ1) is 18.2. The number of sulfonamides is 1. The maximum Gasteiger partial charge on any atom is 0.326 e. The Bertz CT molecular complexity index is 1510. The molecule has 1 aliphatic heterocycles. The Kier molecular flexibility index (Phi) is 8.54. The summed E-state index contributed by atoms with van der Waals surface area (Å²) >= 11 is 1.21. The van der Waals surface area contributed by atoms with Gasteiger partial charge in [-0.05, 0) is 51.0 Å². The van der Waals surface area contributed by atoms with Gasteiger partial charge in [0.2, 0.25) is 10.0 Å². The Labute approximate surface area is 225 Å². The molecular formula is C26H31N3O7S2. The normalized spacial score (nSPS) is 16.9. The van der Waals surface area contributed by atoms with Crippen LogP contribution in [0.15, 0.2) is 46.3 Å². The molecule has 0 saturated carbocycles. The van der Waals surface area contributed by atoms with Crippen LogP contribution in [0.2, 0.25) is 0 Å². The van der Waals surface area contributed by atoms with Crippen LogP contribution < -0.4 is 14.3 Å². The number of amides is 1. The van der Waals surface area contributed by atoms with Crippen LogP contribution in [0.5, 0.6) is 11.5 Å². The predicted molar refractivity (Wildman–Crippen MR) is 143 cm³/mol. The van der Waals surface area contributed by atoms with E-state index in [1.54, 1.807) is 23.6 Å². The minimum atomic E-state index is -3.65. The van der Waals surface area contributed by atoms with Gasteiger partial charge in [0.1, 0.15) is 6.54 Å². The van der Waals surface area contributed by atoms with Crippen molar-refractivity contribution in [2.45, 2.75) is 50.6 Å². The lowest BCUT2D eigenvalue weighted by atomic mass is 10.1. The van der Waals surface area contributed by atoms with E-state index in [0.717, 1.165) is 24.0 Å². The fourth-order valence-corrected chi connectivity index (χ4v) is 7.19. The summed E-state index contributed by atoms with van der Waals surface area (Å²) in [5, 5.41) is 0. The Balaban J connectivity index is 1.71. The van der Waals surface area contributed by atoms with Gasteiger partial charge in [-0.3, -0.25) is 9.59 Å². The maximum atomic E-state index is 13.1. The summed E-state index contributed by atoms with van der Waals surface area (Å²) in [5.41, 5.74) is 0.857. The molecule has 1 aliphatic rings. The molecule has 1 amide bonds. The molecule has 1 fully saturated rings. The highest BCUT2D eigenvalue weighted by atomic mass is 32.2. The molecule has 2 heterocycles. The van der Waals surface area contributed by atoms with Gasteiger partial charge >= 0.3 is 5.97 Å². The monoisotopic (exact) mass is 561 g/mol. The first kappa shape index (κ1) is 27.8. The number of carbonyl (C=O) groups excluding carboxylic acids is 2. The Hall–Kier alpha value is -3.22. The summed E-state index contributed by atoms with van der Waals surface area (Å²) in [6.45, 7) is 4.18. The molecule has 204 valence electrons. The number of benzene rings is 2. The lowest BCUT2D eigenvalue weighted by molar-refractivity contribution is -0.143. The van der Waals surface area contributed by atoms with Gasteiger partial charge in [0, 0.05) is 30.3 Å². The maximum absolute atomic E-state index is 13.1. The zero-order valence-corrected chi connectivity index (χ0v) is 23.4. The highest BCUT2D eigenvalue weighted by molar-refractivity contribution is 7.89. The number of ether oxygens (including phenoxy) is 3. The van der Waals surface area contributed by atoms with E-state index < -0.39 is 21.9 Å². The number of fused-ring (bicyclic) bond motifs is 1. The van der Waals surface area contributed by atoms with Gasteiger partial charge in [0.25, 0.3) is 5.91 Å². The molecule has 10 nitrogen and oxygen atoms in total. The van der Waals surface area contributed by atoms with Crippen LogP contribution in [0.4, 0.5) is 0 Å². The van der Waals surface area contributed by atoms with Crippen molar-refractivity contribution in [2.24, 2.45) is 4.99 Å². The van der Waals surface area contributed by atoms with Crippen LogP contribution in [0.1, 0.15) is 43.5 Å². The highest BCUT2D eigenvalue weighted by Crippen LogP contribution is 2.33. The summed E-state index contributed by atoms with van der Waals surface area (Å²) in [6.07, 6.45) is 2.67. The van der Waals surface area contributed by atoms with E-state index in [9.17, 15) is 18.0 Å². The van der Waals surface area contributed by atoms with Gasteiger partial charge < -0.3 is 18.8 Å². The van der Waals surface area contributed by atoms with Gasteiger partial charge in [0.05, 0.1) is 35.9 Å². The molecule has 1 aromatic heterocycles. The second kappa shape index (κ2) is 11.7. The number of thiazole rings is 1. The Morgan fingerprint density at radius 2 is 1.76 bits per heavy atom. The number of piperidine rings is 1. The van der Waals surface area contributed by atoms with Crippen LogP contribution in [-0.2, 0) is 26.1 Å². The van der Waals surface area contributed by atoms with Crippen molar-refractivity contribution in [3.05, 3.63) is 46.8 Å². The van der Waals surface area contributed by atoms with Crippen molar-refractivity contribution in [3.8, 4) is 11.5 Å². The molecule has 0 N–H and O–H groups in total. The predicted octanol–water partition coefficient (Wildman–Crippen LogP) is 3.59. The molecule has 12 heteroatoms. The molecule has 0 spiro atoms. The van der Waals surface area contributed by atoms with Crippen LogP contribution in [-0.4, -0.2) is 62.6 Å². The molecule has 3 aromatic rings. The summed E-state index contributed by atoms with van der Waals surface area (Å²) in [6, 6.07) is 9.20.